The van der Waals surface area contributed by atoms with Crippen LogP contribution in [-0.2, 0) is 114 Å². The van der Waals surface area contributed by atoms with E-state index in [0.717, 1.165) is 124 Å². The van der Waals surface area contributed by atoms with Gasteiger partial charge in [0.2, 0.25) is 9.84 Å². The minimum absolute atomic E-state index is 0. The molecular formula is C106H96B8Cl4F4N2O13S5. The van der Waals surface area contributed by atoms with Crippen molar-refractivity contribution in [2.45, 2.75) is 168 Å². The third-order valence-corrected chi connectivity index (χ3v) is 31.6. The zero-order valence-electron chi connectivity index (χ0n) is 78.4. The summed E-state index contributed by atoms with van der Waals surface area (Å²) in [5.74, 6) is 1.76. The first kappa shape index (κ1) is 106. The van der Waals surface area contributed by atoms with E-state index in [1.807, 2.05) is 167 Å². The third kappa shape index (κ3) is 27.8. The van der Waals surface area contributed by atoms with Crippen molar-refractivity contribution in [1.29, 1.82) is 0 Å². The van der Waals surface area contributed by atoms with Crippen molar-refractivity contribution in [3.63, 3.8) is 0 Å². The summed E-state index contributed by atoms with van der Waals surface area (Å²) in [7, 11) is -4.69. The maximum absolute atomic E-state index is 13.1. The Hall–Kier alpha value is -10.0. The molecule has 0 amide bonds. The van der Waals surface area contributed by atoms with Gasteiger partial charge in [-0.3, -0.25) is 0 Å². The number of aromatic amines is 1. The molecule has 0 fully saturated rings. The van der Waals surface area contributed by atoms with E-state index in [1.54, 1.807) is 102 Å². The molecule has 0 bridgehead atoms. The average Bonchev–Trinajstić information content (AvgIpc) is 1.41. The van der Waals surface area contributed by atoms with Crippen LogP contribution in [0.25, 0.3) is 0 Å². The standard InChI is InChI=1S/C15H12BF3O2.C15H15BO2.C14H12BClO3S.C14H12BClO2S.C14H12BClOS.2C13H12BNOS.C8H8BFO.ClH/c1-16-14-8-13(5-2-10(14)9-20-16)21-12-6-3-11(4-7-12)15(17,18)19;1-16-15-13(11-18-16)8-5-9-14(15)17-10-12-6-3-2-4-7-12;1-15-14-8-13(5-2-10(14)9-19-15)20(17,18)12-6-3-11(16)4-7-12;1-15-14-8-13(5-2-10(14)9-18-15)19(17)12-6-3-11(16)4-7-12;1-15-14-8-13(5-2-10(14)9-17-15)18-12-6-3-11(16)4-7-12;16-14-6-3-10-1-2-12(9-13(10)14)17-11-4-7-15-8-5-11;16-14-7-6-10-4-5-11(9-12(10)14)17-13-3-1-2-8-15-13;1-9-8-6(5-11-9)3-2-4-7(8)10;/h2-8H,9H2,1H3;2-9H,10-11H2,1H3;2-8H,9H2,1H3;2-8H,9H2,1H3;2-8H,9H2,1H3;1-2,4-5,7-9,16H,3,6H2;1-5,8-9,16H,6-7H2;2-4H,5H2,1H3;1H. The van der Waals surface area contributed by atoms with Gasteiger partial charge < -0.3 is 59.9 Å². The van der Waals surface area contributed by atoms with Crippen molar-refractivity contribution in [1.82, 2.24) is 4.98 Å². The first-order chi connectivity index (χ1) is 68.1. The summed E-state index contributed by atoms with van der Waals surface area (Å²) in [6, 6.07) is 93.2. The second-order valence-corrected chi connectivity index (χ2v) is 42.5. The maximum atomic E-state index is 13.1. The fourth-order valence-corrected chi connectivity index (χ4v) is 22.3. The lowest BCUT2D eigenvalue weighted by atomic mass is 9.63. The van der Waals surface area contributed by atoms with Gasteiger partial charge in [-0.15, -0.1) is 0 Å². The molecule has 8 aliphatic heterocycles. The molecule has 718 valence electrons. The first-order valence-electron chi connectivity index (χ1n) is 46.2. The van der Waals surface area contributed by atoms with E-state index >= 15 is 0 Å². The van der Waals surface area contributed by atoms with Crippen LogP contribution in [-0.4, -0.2) is 83.0 Å². The van der Waals surface area contributed by atoms with Gasteiger partial charge in [-0.25, -0.2) is 27.0 Å². The molecule has 23 rings (SSSR count). The number of alkyl halides is 3. The number of rotatable bonds is 15. The maximum Gasteiger partial charge on any atom is 0.416 e. The van der Waals surface area contributed by atoms with Gasteiger partial charge in [0, 0.05) is 67.7 Å². The minimum Gasteiger partial charge on any atom is -1.00 e. The molecule has 10 heterocycles. The molecule has 36 heteroatoms. The summed E-state index contributed by atoms with van der Waals surface area (Å²) in [6.45, 7) is 16.0. The lowest BCUT2D eigenvalue weighted by molar-refractivity contribution is -0.378. The normalized spacial score (nSPS) is 14.1. The highest BCUT2D eigenvalue weighted by Crippen LogP contribution is 2.36. The molecule has 15 aromatic rings. The molecule has 3 N–H and O–H groups in total. The Kier molecular flexibility index (Phi) is 37.2. The molecule has 0 aliphatic carbocycles. The predicted octanol–water partition coefficient (Wildman–Crippen LogP) is 17.3. The van der Waals surface area contributed by atoms with E-state index in [2.05, 4.69) is 96.4 Å². The van der Waals surface area contributed by atoms with Crippen LogP contribution in [0.15, 0.2) is 371 Å². The molecule has 0 radical (unpaired) electrons. The van der Waals surface area contributed by atoms with Gasteiger partial charge in [-0.2, -0.15) is 13.2 Å². The number of nitrogens with one attached hydrogen (secondary N) is 1. The van der Waals surface area contributed by atoms with Gasteiger partial charge in [0.05, 0.1) is 65.8 Å². The predicted molar refractivity (Wildman–Crippen MR) is 566 cm³/mol. The molecule has 1 atom stereocenters. The zero-order chi connectivity index (χ0) is 98.9. The SMILES string of the molecule is CB1OCc2ccc(Oc3ccc(C(F)(F)F)cc3)cc21.CB1OCc2ccc(S(=O)(=O)c3ccc(Cl)cc3)cc21.CB1OCc2ccc(S(=O)c3ccc(Cl)cc3)cc21.CB1OCc2ccc(Sc3ccc(Cl)cc3)cc21.CB1OCc2cccc(F)c21.CB1OCc2cccc(OCc3ccccc3)c21.OB1CCc2ccc(Sc3cc[nH+]cc3)cc21.OB1CCc2ccc(Sc3ccccn3)cc21.[Cl-]. The number of hydrogen-bond donors (Lipinski definition) is 2. The van der Waals surface area contributed by atoms with Crippen LogP contribution in [0.1, 0.15) is 55.6 Å². The quantitative estimate of drug-likeness (QED) is 0.0726. The Morgan fingerprint density at radius 3 is 1.40 bits per heavy atom. The van der Waals surface area contributed by atoms with Crippen molar-refractivity contribution in [3.8, 4) is 17.2 Å². The van der Waals surface area contributed by atoms with Crippen LogP contribution in [0.3, 0.4) is 0 Å². The van der Waals surface area contributed by atoms with E-state index in [0.29, 0.717) is 61.2 Å². The van der Waals surface area contributed by atoms with Crippen LogP contribution in [0, 0.1) is 5.82 Å². The number of ether oxygens (including phenoxy) is 2. The molecule has 15 nitrogen and oxygen atoms in total. The highest BCUT2D eigenvalue weighted by atomic mass is 35.5. The van der Waals surface area contributed by atoms with Crippen LogP contribution in [0.4, 0.5) is 17.6 Å². The molecule has 13 aromatic carbocycles. The molecule has 8 aliphatic rings. The fraction of sp³-hybridized carbons (Fsp3) is 0.170. The topological polar surface area (TPSA) is 193 Å². The van der Waals surface area contributed by atoms with E-state index in [9.17, 15) is 40.2 Å². The molecule has 1 unspecified atom stereocenters. The minimum atomic E-state index is -4.33. The first-order valence-corrected chi connectivity index (χ1v) is 52.4. The van der Waals surface area contributed by atoms with Crippen molar-refractivity contribution in [3.05, 3.63) is 398 Å². The van der Waals surface area contributed by atoms with E-state index in [-0.39, 0.29) is 83.3 Å². The summed E-state index contributed by atoms with van der Waals surface area (Å²) in [4.78, 5) is 15.4. The Balaban J connectivity index is 0.000000123. The number of halogens is 8. The largest absolute Gasteiger partial charge is 1.00 e. The Labute approximate surface area is 866 Å². The van der Waals surface area contributed by atoms with Gasteiger partial charge in [0.25, 0.3) is 0 Å². The van der Waals surface area contributed by atoms with Crippen molar-refractivity contribution >= 4 is 190 Å². The van der Waals surface area contributed by atoms with Gasteiger partial charge in [-0.05, 0) is 284 Å². The smallest absolute Gasteiger partial charge is 0.416 e. The van der Waals surface area contributed by atoms with Gasteiger partial charge >= 0.3 is 61.5 Å². The number of aryl methyl sites for hydroxylation is 2. The second-order valence-electron chi connectivity index (χ2n) is 34.4. The summed E-state index contributed by atoms with van der Waals surface area (Å²) >= 11 is 22.6. The highest BCUT2D eigenvalue weighted by molar-refractivity contribution is 8.00. The van der Waals surface area contributed by atoms with E-state index in [4.69, 9.17) is 72.2 Å². The number of aromatic nitrogens is 2. The Morgan fingerprint density at radius 2 is 0.845 bits per heavy atom. The van der Waals surface area contributed by atoms with E-state index in [1.165, 1.54) is 94.2 Å². The third-order valence-electron chi connectivity index (χ3n) is 24.8. The summed E-state index contributed by atoms with van der Waals surface area (Å²) in [5, 5.41) is 22.6. The number of nitrogens with zero attached hydrogens (tertiary/aromatic N) is 1. The van der Waals surface area contributed by atoms with E-state index < -0.39 is 32.4 Å². The monoisotopic (exact) mass is 2070 g/mol. The zero-order valence-corrected chi connectivity index (χ0v) is 85.5. The van der Waals surface area contributed by atoms with Crippen LogP contribution in [0.5, 0.6) is 17.2 Å². The molecule has 0 saturated heterocycles. The lowest BCUT2D eigenvalue weighted by Crippen LogP contribution is -3.00. The summed E-state index contributed by atoms with van der Waals surface area (Å²) < 4.78 is 133. The number of fused-ring (bicyclic) bond motifs is 8. The van der Waals surface area contributed by atoms with Gasteiger partial charge in [0.1, 0.15) is 34.7 Å². The molecule has 142 heavy (non-hydrogen) atoms. The van der Waals surface area contributed by atoms with Gasteiger partial charge in [0.15, 0.2) is 12.4 Å². The van der Waals surface area contributed by atoms with Crippen LogP contribution in [0.2, 0.25) is 68.6 Å². The molecule has 0 saturated carbocycles. The molecule has 2 aromatic heterocycles. The lowest BCUT2D eigenvalue weighted by Gasteiger charge is -2.11. The number of sulfone groups is 1. The second kappa shape index (κ2) is 49.7. The number of benzene rings is 13. The highest BCUT2D eigenvalue weighted by Gasteiger charge is 2.35. The number of H-pyrrole nitrogens is 1. The van der Waals surface area contributed by atoms with Gasteiger partial charge in [-0.1, -0.05) is 237 Å². The molecule has 0 spiro atoms. The van der Waals surface area contributed by atoms with Crippen molar-refractivity contribution in [2.24, 2.45) is 0 Å². The Morgan fingerprint density at radius 1 is 0.415 bits per heavy atom. The summed E-state index contributed by atoms with van der Waals surface area (Å²) in [6.07, 6.45) is 5.02. The Bertz CT molecular complexity index is 6900. The van der Waals surface area contributed by atoms with Crippen LogP contribution >= 0.6 is 70.1 Å². The van der Waals surface area contributed by atoms with Crippen molar-refractivity contribution in [2.75, 3.05) is 0 Å². The summed E-state index contributed by atoms with van der Waals surface area (Å²) in [5.41, 5.74) is 18.5. The number of hydrogen-bond acceptors (Lipinski definition) is 17. The van der Waals surface area contributed by atoms with Crippen LogP contribution < -0.4 is 70.6 Å². The number of pyridine rings is 2. The fourth-order valence-electron chi connectivity index (χ4n) is 17.0. The molecular weight excluding hydrogens is 1970 g/mol. The van der Waals surface area contributed by atoms with Crippen molar-refractivity contribution < 1.29 is 95.0 Å². The average molecular weight is 2070 g/mol.